The Hall–Kier alpha value is -0.770. The van der Waals surface area contributed by atoms with E-state index in [1.807, 2.05) is 18.2 Å². The maximum atomic E-state index is 6.08. The van der Waals surface area contributed by atoms with Crippen LogP contribution in [-0.2, 0) is 4.74 Å². The third-order valence-corrected chi connectivity index (χ3v) is 3.00. The van der Waals surface area contributed by atoms with Crippen molar-refractivity contribution >= 4 is 11.6 Å². The van der Waals surface area contributed by atoms with Crippen LogP contribution in [0.25, 0.3) is 0 Å². The van der Waals surface area contributed by atoms with Gasteiger partial charge in [0, 0.05) is 13.1 Å². The maximum absolute atomic E-state index is 6.08. The molecule has 1 aliphatic heterocycles. The molecule has 2 atom stereocenters. The van der Waals surface area contributed by atoms with E-state index >= 15 is 0 Å². The molecule has 4 heteroatoms. The summed E-state index contributed by atoms with van der Waals surface area (Å²) in [6, 6.07) is 5.78. The molecule has 2 rings (SSSR count). The third-order valence-electron chi connectivity index (χ3n) is 2.71. The van der Waals surface area contributed by atoms with E-state index in [0.29, 0.717) is 10.8 Å². The number of methoxy groups -OCH3 is 1. The second-order valence-electron chi connectivity index (χ2n) is 3.99. The molecular weight excluding hydrogens is 226 g/mol. The first kappa shape index (κ1) is 11.7. The lowest BCUT2D eigenvalue weighted by atomic mass is 10.1. The van der Waals surface area contributed by atoms with E-state index in [0.717, 1.165) is 18.7 Å². The van der Waals surface area contributed by atoms with E-state index < -0.39 is 0 Å². The number of morpholine rings is 1. The van der Waals surface area contributed by atoms with Crippen LogP contribution in [0.4, 0.5) is 0 Å². The van der Waals surface area contributed by atoms with Crippen LogP contribution in [0.2, 0.25) is 5.02 Å². The molecule has 1 aliphatic rings. The predicted molar refractivity (Wildman–Crippen MR) is 64.2 cm³/mol. The van der Waals surface area contributed by atoms with Gasteiger partial charge in [0.25, 0.3) is 0 Å². The Bertz CT molecular complexity index is 370. The van der Waals surface area contributed by atoms with Gasteiger partial charge in [-0.1, -0.05) is 17.7 Å². The zero-order valence-corrected chi connectivity index (χ0v) is 10.3. The largest absolute Gasteiger partial charge is 0.495 e. The minimum atomic E-state index is 0.0761. The molecule has 1 N–H and O–H groups in total. The normalized spacial score (nSPS) is 25.4. The molecule has 0 radical (unpaired) electrons. The van der Waals surface area contributed by atoms with Gasteiger partial charge in [0.1, 0.15) is 5.75 Å². The van der Waals surface area contributed by atoms with Crippen molar-refractivity contribution in [2.45, 2.75) is 19.1 Å². The molecule has 1 aromatic rings. The minimum Gasteiger partial charge on any atom is -0.495 e. The molecule has 88 valence electrons. The van der Waals surface area contributed by atoms with Crippen molar-refractivity contribution < 1.29 is 9.47 Å². The third kappa shape index (κ3) is 2.48. The highest BCUT2D eigenvalue weighted by atomic mass is 35.5. The zero-order valence-electron chi connectivity index (χ0n) is 9.50. The Labute approximate surface area is 101 Å². The number of benzene rings is 1. The SMILES string of the molecule is COc1ccc(C2CNCC(C)O2)cc1Cl. The van der Waals surface area contributed by atoms with E-state index in [1.165, 1.54) is 0 Å². The molecule has 1 aromatic carbocycles. The van der Waals surface area contributed by atoms with Gasteiger partial charge < -0.3 is 14.8 Å². The molecule has 3 nitrogen and oxygen atoms in total. The summed E-state index contributed by atoms with van der Waals surface area (Å²) in [6.07, 6.45) is 0.312. The predicted octanol–water partition coefficient (Wildman–Crippen LogP) is 2.40. The summed E-state index contributed by atoms with van der Waals surface area (Å²) in [7, 11) is 1.61. The van der Waals surface area contributed by atoms with Crippen molar-refractivity contribution in [2.24, 2.45) is 0 Å². The molecule has 0 saturated carbocycles. The van der Waals surface area contributed by atoms with Crippen molar-refractivity contribution in [3.8, 4) is 5.75 Å². The topological polar surface area (TPSA) is 30.5 Å². The van der Waals surface area contributed by atoms with Gasteiger partial charge in [-0.05, 0) is 24.6 Å². The summed E-state index contributed by atoms with van der Waals surface area (Å²) in [5.74, 6) is 0.697. The molecule has 16 heavy (non-hydrogen) atoms. The first-order valence-electron chi connectivity index (χ1n) is 5.40. The Balaban J connectivity index is 2.17. The van der Waals surface area contributed by atoms with Crippen LogP contribution in [0.15, 0.2) is 18.2 Å². The quantitative estimate of drug-likeness (QED) is 0.863. The van der Waals surface area contributed by atoms with Gasteiger partial charge in [-0.3, -0.25) is 0 Å². The maximum Gasteiger partial charge on any atom is 0.137 e. The number of nitrogens with one attached hydrogen (secondary N) is 1. The van der Waals surface area contributed by atoms with Gasteiger partial charge in [-0.2, -0.15) is 0 Å². The lowest BCUT2D eigenvalue weighted by Crippen LogP contribution is -2.38. The van der Waals surface area contributed by atoms with Crippen LogP contribution in [0.5, 0.6) is 5.75 Å². The standard InChI is InChI=1S/C12H16ClNO2/c1-8-6-14-7-12(16-8)9-3-4-11(15-2)10(13)5-9/h3-5,8,12,14H,6-7H2,1-2H3. The van der Waals surface area contributed by atoms with Gasteiger partial charge in [-0.25, -0.2) is 0 Å². The molecule has 0 bridgehead atoms. The molecule has 0 amide bonds. The smallest absolute Gasteiger partial charge is 0.137 e. The van der Waals surface area contributed by atoms with Crippen LogP contribution < -0.4 is 10.1 Å². The highest BCUT2D eigenvalue weighted by Crippen LogP contribution is 2.29. The van der Waals surface area contributed by atoms with Crippen LogP contribution >= 0.6 is 11.6 Å². The summed E-state index contributed by atoms with van der Waals surface area (Å²) < 4.78 is 11.0. The second-order valence-corrected chi connectivity index (χ2v) is 4.39. The summed E-state index contributed by atoms with van der Waals surface area (Å²) in [5.41, 5.74) is 1.09. The van der Waals surface area contributed by atoms with Gasteiger partial charge in [0.05, 0.1) is 24.3 Å². The van der Waals surface area contributed by atoms with Gasteiger partial charge in [0.2, 0.25) is 0 Å². The lowest BCUT2D eigenvalue weighted by Gasteiger charge is -2.29. The van der Waals surface area contributed by atoms with Gasteiger partial charge in [-0.15, -0.1) is 0 Å². The van der Waals surface area contributed by atoms with E-state index in [4.69, 9.17) is 21.1 Å². The molecule has 1 saturated heterocycles. The summed E-state index contributed by atoms with van der Waals surface area (Å²) in [5, 5.41) is 3.96. The molecule has 2 unspecified atom stereocenters. The Morgan fingerprint density at radius 2 is 2.25 bits per heavy atom. The van der Waals surface area contributed by atoms with Gasteiger partial charge >= 0.3 is 0 Å². The minimum absolute atomic E-state index is 0.0761. The van der Waals surface area contributed by atoms with E-state index in [-0.39, 0.29) is 12.2 Å². The number of hydrogen-bond acceptors (Lipinski definition) is 3. The first-order valence-corrected chi connectivity index (χ1v) is 5.78. The molecule has 0 aliphatic carbocycles. The highest BCUT2D eigenvalue weighted by molar-refractivity contribution is 6.32. The molecule has 1 heterocycles. The van der Waals surface area contributed by atoms with Gasteiger partial charge in [0.15, 0.2) is 0 Å². The fraction of sp³-hybridized carbons (Fsp3) is 0.500. The van der Waals surface area contributed by atoms with Crippen LogP contribution in [-0.4, -0.2) is 26.3 Å². The summed E-state index contributed by atoms with van der Waals surface area (Å²) >= 11 is 6.08. The van der Waals surface area contributed by atoms with E-state index in [1.54, 1.807) is 7.11 Å². The molecule has 0 aromatic heterocycles. The lowest BCUT2D eigenvalue weighted by molar-refractivity contribution is -0.0287. The average molecular weight is 242 g/mol. The number of ether oxygens (including phenoxy) is 2. The molecule has 0 spiro atoms. The Morgan fingerprint density at radius 3 is 2.88 bits per heavy atom. The van der Waals surface area contributed by atoms with Crippen molar-refractivity contribution in [1.29, 1.82) is 0 Å². The monoisotopic (exact) mass is 241 g/mol. The van der Waals surface area contributed by atoms with E-state index in [2.05, 4.69) is 12.2 Å². The molecule has 1 fully saturated rings. The summed E-state index contributed by atoms with van der Waals surface area (Å²) in [6.45, 7) is 3.79. The highest BCUT2D eigenvalue weighted by Gasteiger charge is 2.20. The number of hydrogen-bond donors (Lipinski definition) is 1. The van der Waals surface area contributed by atoms with Crippen molar-refractivity contribution in [1.82, 2.24) is 5.32 Å². The second kappa shape index (κ2) is 5.04. The van der Waals surface area contributed by atoms with Crippen LogP contribution in [0.3, 0.4) is 0 Å². The fourth-order valence-corrected chi connectivity index (χ4v) is 2.14. The fourth-order valence-electron chi connectivity index (χ4n) is 1.87. The van der Waals surface area contributed by atoms with Crippen molar-refractivity contribution in [3.05, 3.63) is 28.8 Å². The number of rotatable bonds is 2. The van der Waals surface area contributed by atoms with Crippen LogP contribution in [0, 0.1) is 0 Å². The van der Waals surface area contributed by atoms with Crippen molar-refractivity contribution in [3.63, 3.8) is 0 Å². The van der Waals surface area contributed by atoms with E-state index in [9.17, 15) is 0 Å². The van der Waals surface area contributed by atoms with Crippen molar-refractivity contribution in [2.75, 3.05) is 20.2 Å². The Kier molecular flexibility index (Phi) is 3.69. The number of halogens is 1. The van der Waals surface area contributed by atoms with Crippen LogP contribution in [0.1, 0.15) is 18.6 Å². The summed E-state index contributed by atoms with van der Waals surface area (Å²) in [4.78, 5) is 0. The molecular formula is C12H16ClNO2. The zero-order chi connectivity index (χ0) is 11.5. The Morgan fingerprint density at radius 1 is 1.44 bits per heavy atom. The average Bonchev–Trinajstić information content (AvgIpc) is 2.29. The first-order chi connectivity index (χ1) is 7.70.